The third-order valence-electron chi connectivity index (χ3n) is 5.70. The Morgan fingerprint density at radius 3 is 2.70 bits per heavy atom. The molecular weight excluding hydrogens is 540 g/mol. The second-order valence-corrected chi connectivity index (χ2v) is 9.81. The summed E-state index contributed by atoms with van der Waals surface area (Å²) in [6.45, 7) is 3.94. The number of alkyl carbamates (subject to hydrolysis) is 1. The maximum atomic E-state index is 13.2. The summed E-state index contributed by atoms with van der Waals surface area (Å²) in [5, 5.41) is 5.43. The number of H-pyrrole nitrogens is 1. The van der Waals surface area contributed by atoms with E-state index in [0.717, 1.165) is 0 Å². The van der Waals surface area contributed by atoms with Crippen LogP contribution in [0, 0.1) is 0 Å². The van der Waals surface area contributed by atoms with Crippen LogP contribution in [0.2, 0.25) is 5.02 Å². The van der Waals surface area contributed by atoms with Crippen LogP contribution in [0.3, 0.4) is 0 Å². The topological polar surface area (TPSA) is 148 Å². The molecule has 3 rings (SSSR count). The second-order valence-electron chi connectivity index (χ2n) is 9.40. The SMILES string of the molecule is COC(=O)N[C@@H](CC/C=C/C(=O)N(C)C)C(=O)Nc1cccn(Cc2cc3ncc(Cl)c(OC(C)C)c3[nH]2)c1=O. The normalized spacial score (nSPS) is 12.0. The number of likely N-dealkylation sites (N-methyl/N-ethyl adjacent to an activating group) is 1. The van der Waals surface area contributed by atoms with Crippen molar-refractivity contribution in [2.75, 3.05) is 26.5 Å². The van der Waals surface area contributed by atoms with Crippen molar-refractivity contribution in [3.8, 4) is 5.75 Å². The molecule has 0 saturated carbocycles. The van der Waals surface area contributed by atoms with Crippen molar-refractivity contribution in [1.29, 1.82) is 0 Å². The average molecular weight is 573 g/mol. The van der Waals surface area contributed by atoms with Crippen LogP contribution in [0.15, 0.2) is 47.5 Å². The molecule has 0 fully saturated rings. The molecule has 0 saturated heterocycles. The van der Waals surface area contributed by atoms with E-state index in [1.165, 1.54) is 34.9 Å². The lowest BCUT2D eigenvalue weighted by Crippen LogP contribution is -2.44. The van der Waals surface area contributed by atoms with Crippen molar-refractivity contribution in [2.24, 2.45) is 0 Å². The fraction of sp³-hybridized carbons (Fsp3) is 0.370. The number of amides is 3. The summed E-state index contributed by atoms with van der Waals surface area (Å²) in [4.78, 5) is 58.7. The monoisotopic (exact) mass is 572 g/mol. The first-order chi connectivity index (χ1) is 19.0. The molecule has 0 unspecified atom stereocenters. The van der Waals surface area contributed by atoms with Crippen LogP contribution in [0.1, 0.15) is 32.4 Å². The number of carbonyl (C=O) groups excluding carboxylic acids is 3. The largest absolute Gasteiger partial charge is 0.487 e. The molecule has 3 heterocycles. The van der Waals surface area contributed by atoms with E-state index in [1.54, 1.807) is 38.5 Å². The predicted octanol–water partition coefficient (Wildman–Crippen LogP) is 3.30. The Balaban J connectivity index is 1.78. The number of hydrogen-bond acceptors (Lipinski definition) is 7. The number of nitrogens with one attached hydrogen (secondary N) is 3. The number of anilines is 1. The zero-order chi connectivity index (χ0) is 29.4. The van der Waals surface area contributed by atoms with E-state index in [2.05, 4.69) is 25.3 Å². The van der Waals surface area contributed by atoms with E-state index in [9.17, 15) is 19.2 Å². The fourth-order valence-corrected chi connectivity index (χ4v) is 3.93. The van der Waals surface area contributed by atoms with Gasteiger partial charge in [-0.1, -0.05) is 17.7 Å². The molecule has 214 valence electrons. The number of aromatic nitrogens is 3. The molecule has 3 N–H and O–H groups in total. The first kappa shape index (κ1) is 30.2. The first-order valence-corrected chi connectivity index (χ1v) is 12.9. The molecule has 3 aromatic rings. The number of hydrogen-bond donors (Lipinski definition) is 3. The van der Waals surface area contributed by atoms with Gasteiger partial charge in [0, 0.05) is 26.0 Å². The zero-order valence-corrected chi connectivity index (χ0v) is 23.7. The minimum Gasteiger partial charge on any atom is -0.487 e. The van der Waals surface area contributed by atoms with Gasteiger partial charge in [0.2, 0.25) is 11.8 Å². The van der Waals surface area contributed by atoms with E-state index in [0.29, 0.717) is 33.9 Å². The van der Waals surface area contributed by atoms with Crippen molar-refractivity contribution in [3.63, 3.8) is 0 Å². The van der Waals surface area contributed by atoms with Crippen LogP contribution in [-0.2, 0) is 20.9 Å². The summed E-state index contributed by atoms with van der Waals surface area (Å²) < 4.78 is 11.9. The van der Waals surface area contributed by atoms with Crippen LogP contribution >= 0.6 is 11.6 Å². The lowest BCUT2D eigenvalue weighted by Gasteiger charge is -2.17. The highest BCUT2D eigenvalue weighted by atomic mass is 35.5. The number of aromatic amines is 1. The van der Waals surface area contributed by atoms with E-state index in [1.807, 2.05) is 13.8 Å². The van der Waals surface area contributed by atoms with Gasteiger partial charge < -0.3 is 34.6 Å². The van der Waals surface area contributed by atoms with Gasteiger partial charge in [-0.3, -0.25) is 19.4 Å². The first-order valence-electron chi connectivity index (χ1n) is 12.6. The standard InChI is InChI=1S/C27H33ClN6O6/c1-16(2)40-24-18(28)14-29-21-13-17(30-23(21)24)15-34-12-8-10-20(26(34)37)31-25(36)19(32-27(38)39-5)9-6-7-11-22(35)33(3)4/h7-8,10-14,16,19,30H,6,9,15H2,1-5H3,(H,31,36)(H,32,38)/b11-7+/t19-/m0/s1. The Morgan fingerprint density at radius 2 is 2.02 bits per heavy atom. The van der Waals surface area contributed by atoms with Crippen molar-refractivity contribution in [2.45, 2.75) is 45.4 Å². The van der Waals surface area contributed by atoms with Gasteiger partial charge in [-0.2, -0.15) is 0 Å². The fourth-order valence-electron chi connectivity index (χ4n) is 3.74. The summed E-state index contributed by atoms with van der Waals surface area (Å²) in [6.07, 6.45) is 5.68. The number of pyridine rings is 2. The van der Waals surface area contributed by atoms with Crippen LogP contribution in [0.5, 0.6) is 5.75 Å². The summed E-state index contributed by atoms with van der Waals surface area (Å²) >= 11 is 6.29. The Morgan fingerprint density at radius 1 is 1.27 bits per heavy atom. The Bertz CT molecular complexity index is 1460. The van der Waals surface area contributed by atoms with Crippen LogP contribution in [-0.4, -0.2) is 70.7 Å². The van der Waals surface area contributed by atoms with Crippen LogP contribution in [0.25, 0.3) is 11.0 Å². The van der Waals surface area contributed by atoms with E-state index < -0.39 is 23.6 Å². The number of fused-ring (bicyclic) bond motifs is 1. The van der Waals surface area contributed by atoms with Crippen molar-refractivity contribution in [3.05, 3.63) is 63.8 Å². The molecule has 0 bridgehead atoms. The van der Waals surface area contributed by atoms with Crippen molar-refractivity contribution < 1.29 is 23.9 Å². The zero-order valence-electron chi connectivity index (χ0n) is 23.0. The molecule has 3 aromatic heterocycles. The third-order valence-corrected chi connectivity index (χ3v) is 5.97. The van der Waals surface area contributed by atoms with E-state index in [-0.39, 0.29) is 30.7 Å². The minimum atomic E-state index is -1.01. The quantitative estimate of drug-likeness (QED) is 0.299. The van der Waals surface area contributed by atoms with Gasteiger partial charge in [0.1, 0.15) is 22.3 Å². The van der Waals surface area contributed by atoms with Gasteiger partial charge in [-0.25, -0.2) is 4.79 Å². The second kappa shape index (κ2) is 13.7. The molecule has 12 nitrogen and oxygen atoms in total. The maximum absolute atomic E-state index is 13.2. The molecule has 0 aliphatic carbocycles. The van der Waals surface area contributed by atoms with Gasteiger partial charge in [0.05, 0.1) is 31.5 Å². The Hall–Kier alpha value is -4.32. The number of nitrogens with zero attached hydrogens (tertiary/aromatic N) is 3. The molecule has 13 heteroatoms. The van der Waals surface area contributed by atoms with Crippen LogP contribution in [0.4, 0.5) is 10.5 Å². The maximum Gasteiger partial charge on any atom is 0.407 e. The number of rotatable bonds is 11. The van der Waals surface area contributed by atoms with Crippen molar-refractivity contribution >= 4 is 46.2 Å². The van der Waals surface area contributed by atoms with Gasteiger partial charge in [0.25, 0.3) is 5.56 Å². The molecule has 0 spiro atoms. The predicted molar refractivity (Wildman–Crippen MR) is 152 cm³/mol. The number of carbonyl (C=O) groups is 3. The minimum absolute atomic E-state index is 0.0311. The van der Waals surface area contributed by atoms with Crippen molar-refractivity contribution in [1.82, 2.24) is 24.8 Å². The number of methoxy groups -OCH3 is 1. The summed E-state index contributed by atoms with van der Waals surface area (Å²) in [5.74, 6) is -0.330. The van der Waals surface area contributed by atoms with Gasteiger partial charge in [-0.15, -0.1) is 0 Å². The van der Waals surface area contributed by atoms with Gasteiger partial charge >= 0.3 is 6.09 Å². The number of allylic oxidation sites excluding steroid dienone is 1. The number of ether oxygens (including phenoxy) is 2. The lowest BCUT2D eigenvalue weighted by atomic mass is 10.1. The summed E-state index contributed by atoms with van der Waals surface area (Å²) in [7, 11) is 4.43. The molecule has 0 aliphatic heterocycles. The van der Waals surface area contributed by atoms with Gasteiger partial charge in [0.15, 0.2) is 5.75 Å². The lowest BCUT2D eigenvalue weighted by molar-refractivity contribution is -0.123. The summed E-state index contributed by atoms with van der Waals surface area (Å²) in [5.41, 5.74) is 1.50. The molecule has 0 aliphatic rings. The van der Waals surface area contributed by atoms with Crippen LogP contribution < -0.4 is 20.9 Å². The third kappa shape index (κ3) is 7.85. The smallest absolute Gasteiger partial charge is 0.407 e. The molecular formula is C27H33ClN6O6. The molecule has 40 heavy (non-hydrogen) atoms. The highest BCUT2D eigenvalue weighted by Crippen LogP contribution is 2.32. The van der Waals surface area contributed by atoms with Gasteiger partial charge in [-0.05, 0) is 51.0 Å². The Labute approximate surface area is 236 Å². The average Bonchev–Trinajstić information content (AvgIpc) is 3.32. The summed E-state index contributed by atoms with van der Waals surface area (Å²) in [6, 6.07) is 3.88. The highest BCUT2D eigenvalue weighted by Gasteiger charge is 2.22. The number of halogens is 1. The van der Waals surface area contributed by atoms with E-state index in [4.69, 9.17) is 16.3 Å². The molecule has 1 atom stereocenters. The molecule has 3 amide bonds. The van der Waals surface area contributed by atoms with E-state index >= 15 is 0 Å². The molecule has 0 radical (unpaired) electrons. The Kier molecular flexibility index (Phi) is 10.3. The molecule has 0 aromatic carbocycles. The highest BCUT2D eigenvalue weighted by molar-refractivity contribution is 6.32.